The Morgan fingerprint density at radius 3 is 2.17 bits per heavy atom. The number of hydrogen-bond acceptors (Lipinski definition) is 6. The van der Waals surface area contributed by atoms with Crippen LogP contribution in [0.3, 0.4) is 0 Å². The summed E-state index contributed by atoms with van der Waals surface area (Å²) in [7, 11) is 3.10. The lowest BCUT2D eigenvalue weighted by Gasteiger charge is -2.26. The Hall–Kier alpha value is -4.26. The first-order valence-corrected chi connectivity index (χ1v) is 11.3. The summed E-state index contributed by atoms with van der Waals surface area (Å²) in [4.78, 5) is 28.0. The second-order valence-electron chi connectivity index (χ2n) is 7.97. The molecule has 0 bridgehead atoms. The summed E-state index contributed by atoms with van der Waals surface area (Å²) >= 11 is 0. The maximum Gasteiger partial charge on any atom is 0.295 e. The number of carbonyl (C=O) groups excluding carboxylic acids is 2. The molecule has 1 N–H and O–H groups in total. The van der Waals surface area contributed by atoms with Crippen LogP contribution in [0.5, 0.6) is 17.2 Å². The summed E-state index contributed by atoms with van der Waals surface area (Å²) in [6, 6.07) is 20.4. The number of methoxy groups -OCH3 is 2. The molecule has 1 atom stereocenters. The fraction of sp³-hybridized carbons (Fsp3) is 0.214. The molecule has 1 amide bonds. The normalized spacial score (nSPS) is 16.9. The fourth-order valence-electron chi connectivity index (χ4n) is 4.22. The predicted octanol–water partition coefficient (Wildman–Crippen LogP) is 4.72. The largest absolute Gasteiger partial charge is 0.507 e. The van der Waals surface area contributed by atoms with Gasteiger partial charge in [-0.15, -0.1) is 0 Å². The summed E-state index contributed by atoms with van der Waals surface area (Å²) in [5.74, 6) is 0.216. The number of ether oxygens (including phenoxy) is 3. The molecule has 4 rings (SSSR count). The van der Waals surface area contributed by atoms with Gasteiger partial charge in [0.25, 0.3) is 11.7 Å². The van der Waals surface area contributed by atoms with Crippen LogP contribution in [-0.2, 0) is 16.1 Å². The lowest BCUT2D eigenvalue weighted by atomic mass is 9.95. The van der Waals surface area contributed by atoms with Gasteiger partial charge in [0.15, 0.2) is 0 Å². The van der Waals surface area contributed by atoms with Gasteiger partial charge in [0.1, 0.15) is 23.0 Å². The molecule has 0 spiro atoms. The molecule has 3 aromatic rings. The first-order valence-electron chi connectivity index (χ1n) is 11.3. The van der Waals surface area contributed by atoms with Crippen LogP contribution in [0.4, 0.5) is 0 Å². The van der Waals surface area contributed by atoms with Crippen LogP contribution < -0.4 is 14.2 Å². The minimum atomic E-state index is -0.794. The highest BCUT2D eigenvalue weighted by Gasteiger charge is 2.46. The predicted molar refractivity (Wildman–Crippen MR) is 131 cm³/mol. The molecule has 1 aliphatic rings. The number of aliphatic hydroxyl groups is 1. The molecule has 1 saturated heterocycles. The van der Waals surface area contributed by atoms with Crippen molar-refractivity contribution in [2.75, 3.05) is 20.8 Å². The summed E-state index contributed by atoms with van der Waals surface area (Å²) in [6.07, 6.45) is 0. The van der Waals surface area contributed by atoms with Gasteiger partial charge >= 0.3 is 0 Å². The van der Waals surface area contributed by atoms with Crippen molar-refractivity contribution in [3.05, 3.63) is 95.1 Å². The highest BCUT2D eigenvalue weighted by atomic mass is 16.5. The molecule has 1 heterocycles. The lowest BCUT2D eigenvalue weighted by molar-refractivity contribution is -0.140. The summed E-state index contributed by atoms with van der Waals surface area (Å²) in [5.41, 5.74) is 1.87. The maximum absolute atomic E-state index is 13.3. The van der Waals surface area contributed by atoms with E-state index in [9.17, 15) is 14.7 Å². The smallest absolute Gasteiger partial charge is 0.295 e. The molecule has 0 saturated carbocycles. The number of benzene rings is 3. The fourth-order valence-corrected chi connectivity index (χ4v) is 4.22. The Balaban J connectivity index is 1.83. The summed E-state index contributed by atoms with van der Waals surface area (Å²) < 4.78 is 16.2. The first-order chi connectivity index (χ1) is 17.0. The second-order valence-corrected chi connectivity index (χ2v) is 7.97. The van der Waals surface area contributed by atoms with E-state index in [1.165, 1.54) is 4.90 Å². The average molecular weight is 474 g/mol. The lowest BCUT2D eigenvalue weighted by Crippen LogP contribution is -2.29. The number of para-hydroxylation sites is 1. The Bertz CT molecular complexity index is 1250. The van der Waals surface area contributed by atoms with Gasteiger partial charge in [0.05, 0.1) is 39.0 Å². The number of carbonyl (C=O) groups is 2. The maximum atomic E-state index is 13.3. The van der Waals surface area contributed by atoms with Crippen LogP contribution >= 0.6 is 0 Å². The van der Waals surface area contributed by atoms with Crippen LogP contribution in [0.15, 0.2) is 78.4 Å². The molecular weight excluding hydrogens is 446 g/mol. The van der Waals surface area contributed by atoms with Gasteiger partial charge < -0.3 is 24.2 Å². The van der Waals surface area contributed by atoms with E-state index in [-0.39, 0.29) is 17.9 Å². The zero-order valence-electron chi connectivity index (χ0n) is 19.9. The highest BCUT2D eigenvalue weighted by Crippen LogP contribution is 2.41. The molecule has 0 aliphatic carbocycles. The van der Waals surface area contributed by atoms with Crippen LogP contribution in [0.2, 0.25) is 0 Å². The second kappa shape index (κ2) is 10.3. The van der Waals surface area contributed by atoms with Crippen molar-refractivity contribution >= 4 is 17.4 Å². The Morgan fingerprint density at radius 2 is 1.54 bits per heavy atom. The van der Waals surface area contributed by atoms with Gasteiger partial charge in [0, 0.05) is 11.1 Å². The number of Topliss-reactive ketones (excluding diaryl/α,β-unsaturated/α-hetero) is 1. The Morgan fingerprint density at radius 1 is 0.886 bits per heavy atom. The SMILES string of the molecule is CCOc1ccc(C2/C(=C(\O)c3ccc(OC)cc3)C(=O)C(=O)N2Cc2ccccc2OC)cc1. The Kier molecular flexibility index (Phi) is 7.06. The number of nitrogens with zero attached hydrogens (tertiary/aromatic N) is 1. The molecular formula is C28H27NO6. The minimum Gasteiger partial charge on any atom is -0.507 e. The zero-order valence-corrected chi connectivity index (χ0v) is 19.9. The minimum absolute atomic E-state index is 0.0271. The monoisotopic (exact) mass is 473 g/mol. The molecule has 0 radical (unpaired) electrons. The van der Waals surface area contributed by atoms with Crippen molar-refractivity contribution in [2.24, 2.45) is 0 Å². The summed E-state index contributed by atoms with van der Waals surface area (Å²) in [5, 5.41) is 11.2. The van der Waals surface area contributed by atoms with Crippen LogP contribution in [0.25, 0.3) is 5.76 Å². The van der Waals surface area contributed by atoms with E-state index >= 15 is 0 Å². The molecule has 180 valence electrons. The van der Waals surface area contributed by atoms with Gasteiger partial charge in [-0.1, -0.05) is 30.3 Å². The molecule has 3 aromatic carbocycles. The topological polar surface area (TPSA) is 85.3 Å². The van der Waals surface area contributed by atoms with Crippen LogP contribution in [-0.4, -0.2) is 42.5 Å². The van der Waals surface area contributed by atoms with Crippen LogP contribution in [0.1, 0.15) is 29.7 Å². The molecule has 1 aliphatic heterocycles. The van der Waals surface area contributed by atoms with E-state index in [1.54, 1.807) is 68.8 Å². The zero-order chi connectivity index (χ0) is 24.9. The van der Waals surface area contributed by atoms with Gasteiger partial charge in [-0.25, -0.2) is 0 Å². The molecule has 1 fully saturated rings. The molecule has 7 heteroatoms. The third-order valence-electron chi connectivity index (χ3n) is 5.94. The van der Waals surface area contributed by atoms with Crippen molar-refractivity contribution < 1.29 is 28.9 Å². The van der Waals surface area contributed by atoms with E-state index in [1.807, 2.05) is 25.1 Å². The quantitative estimate of drug-likeness (QED) is 0.289. The Labute approximate surface area is 204 Å². The van der Waals surface area contributed by atoms with Crippen molar-refractivity contribution in [1.82, 2.24) is 4.90 Å². The number of amides is 1. The van der Waals surface area contributed by atoms with Gasteiger partial charge in [0.2, 0.25) is 0 Å². The van der Waals surface area contributed by atoms with E-state index in [0.29, 0.717) is 35.0 Å². The van der Waals surface area contributed by atoms with E-state index in [4.69, 9.17) is 14.2 Å². The van der Waals surface area contributed by atoms with Crippen molar-refractivity contribution in [3.63, 3.8) is 0 Å². The number of ketones is 1. The third-order valence-corrected chi connectivity index (χ3v) is 5.94. The number of hydrogen-bond donors (Lipinski definition) is 1. The molecule has 0 aromatic heterocycles. The first kappa shape index (κ1) is 23.9. The van der Waals surface area contributed by atoms with Crippen molar-refractivity contribution in [3.8, 4) is 17.2 Å². The van der Waals surface area contributed by atoms with Gasteiger partial charge in [-0.3, -0.25) is 9.59 Å². The highest BCUT2D eigenvalue weighted by molar-refractivity contribution is 6.46. The van der Waals surface area contributed by atoms with E-state index in [0.717, 1.165) is 5.56 Å². The van der Waals surface area contributed by atoms with Crippen molar-refractivity contribution in [1.29, 1.82) is 0 Å². The van der Waals surface area contributed by atoms with Gasteiger partial charge in [-0.05, 0) is 55.0 Å². The molecule has 7 nitrogen and oxygen atoms in total. The van der Waals surface area contributed by atoms with Crippen LogP contribution in [0, 0.1) is 0 Å². The van der Waals surface area contributed by atoms with Crippen molar-refractivity contribution in [2.45, 2.75) is 19.5 Å². The molecule has 1 unspecified atom stereocenters. The number of rotatable bonds is 8. The standard InChI is InChI=1S/C28H27NO6/c1-4-35-22-15-9-18(10-16-22)25-24(26(30)19-11-13-21(33-2)14-12-19)27(31)28(32)29(25)17-20-7-5-6-8-23(20)34-3/h5-16,25,30H,4,17H2,1-3H3/b26-24+. The van der Waals surface area contributed by atoms with Gasteiger partial charge in [-0.2, -0.15) is 0 Å². The third kappa shape index (κ3) is 4.71. The average Bonchev–Trinajstić information content (AvgIpc) is 3.14. The number of aliphatic hydroxyl groups excluding tert-OH is 1. The van der Waals surface area contributed by atoms with E-state index in [2.05, 4.69) is 0 Å². The number of likely N-dealkylation sites (tertiary alicyclic amines) is 1. The van der Waals surface area contributed by atoms with E-state index < -0.39 is 17.7 Å². The summed E-state index contributed by atoms with van der Waals surface area (Å²) in [6.45, 7) is 2.54. The molecule has 35 heavy (non-hydrogen) atoms.